The fraction of sp³-hybridized carbons (Fsp3) is 0.357. The molecule has 0 saturated carbocycles. The molecule has 0 amide bonds. The van der Waals surface area contributed by atoms with E-state index in [9.17, 15) is 0 Å². The van der Waals surface area contributed by atoms with Gasteiger partial charge in [-0.05, 0) is 51.0 Å². The van der Waals surface area contributed by atoms with Gasteiger partial charge in [0.25, 0.3) is 0 Å². The maximum Gasteiger partial charge on any atom is 0.387 e. The molecule has 0 aliphatic carbocycles. The molecule has 2 aliphatic heterocycles. The lowest BCUT2D eigenvalue weighted by Gasteiger charge is -2.25. The van der Waals surface area contributed by atoms with Gasteiger partial charge in [-0.15, -0.1) is 11.8 Å². The number of rotatable bonds is 5. The zero-order valence-electron chi connectivity index (χ0n) is 20.7. The summed E-state index contributed by atoms with van der Waals surface area (Å²) in [5, 5.41) is 1.96. The highest BCUT2D eigenvalue weighted by molar-refractivity contribution is 7.99. The van der Waals surface area contributed by atoms with Crippen molar-refractivity contribution in [2.24, 2.45) is 0 Å². The SMILES string of the molecule is Cc1cccc(C)c1SC[C@H]1O[C@@H]2OC(C)(C)O[C@@H]2[C@@H]1Op1oc2ccccc2c2ccccc2o1. The van der Waals surface area contributed by atoms with E-state index in [1.807, 2.05) is 62.4 Å². The van der Waals surface area contributed by atoms with E-state index in [1.165, 1.54) is 16.0 Å². The number of thioether (sulfide) groups is 1. The van der Waals surface area contributed by atoms with E-state index < -0.39 is 26.4 Å². The average molecular weight is 525 g/mol. The maximum atomic E-state index is 6.59. The summed E-state index contributed by atoms with van der Waals surface area (Å²) in [5.41, 5.74) is 3.96. The smallest absolute Gasteiger partial charge is 0.387 e. The Bertz CT molecular complexity index is 1370. The van der Waals surface area contributed by atoms with Gasteiger partial charge in [0.2, 0.25) is 0 Å². The zero-order chi connectivity index (χ0) is 24.9. The standard InChI is InChI=1S/C28H29O6PS/c1-17-10-9-11-18(2)26(17)36-16-23-24(25-27(29-23)31-28(3,4)30-25)34-35-32-21-14-7-5-12-19(21)20-13-6-8-15-22(20)33-35/h5-15,23-25,27H,16H2,1-4H3/t23-,24-,25-,27-/m1/s1. The van der Waals surface area contributed by atoms with Crippen molar-refractivity contribution in [3.63, 3.8) is 0 Å². The molecule has 0 spiro atoms. The molecular formula is C28H29O6PS. The molecule has 6 nitrogen and oxygen atoms in total. The van der Waals surface area contributed by atoms with Gasteiger partial charge in [-0.25, -0.2) is 0 Å². The van der Waals surface area contributed by atoms with Crippen LogP contribution in [0.1, 0.15) is 25.0 Å². The Kier molecular flexibility index (Phi) is 6.41. The topological polar surface area (TPSA) is 63.2 Å². The minimum absolute atomic E-state index is 0.261. The van der Waals surface area contributed by atoms with E-state index in [0.29, 0.717) is 5.75 Å². The summed E-state index contributed by atoms with van der Waals surface area (Å²) < 4.78 is 37.9. The highest BCUT2D eigenvalue weighted by Gasteiger charge is 2.56. The van der Waals surface area contributed by atoms with Crippen molar-refractivity contribution >= 4 is 41.9 Å². The molecule has 0 radical (unpaired) electrons. The van der Waals surface area contributed by atoms with Crippen LogP contribution in [0.3, 0.4) is 0 Å². The fourth-order valence-electron chi connectivity index (χ4n) is 4.86. The number of hydrogen-bond donors (Lipinski definition) is 0. The first-order valence-corrected chi connectivity index (χ1v) is 14.2. The van der Waals surface area contributed by atoms with Gasteiger partial charge in [0.05, 0.1) is 0 Å². The predicted molar refractivity (Wildman–Crippen MR) is 142 cm³/mol. The van der Waals surface area contributed by atoms with Crippen LogP contribution in [0.2, 0.25) is 0 Å². The first-order valence-electron chi connectivity index (χ1n) is 12.1. The van der Waals surface area contributed by atoms with Gasteiger partial charge in [0.15, 0.2) is 12.1 Å². The van der Waals surface area contributed by atoms with Gasteiger partial charge >= 0.3 is 8.24 Å². The van der Waals surface area contributed by atoms with Gasteiger partial charge in [0, 0.05) is 21.4 Å². The number of ether oxygens (including phenoxy) is 3. The molecule has 4 atom stereocenters. The average Bonchev–Trinajstić information content (AvgIpc) is 3.24. The molecule has 36 heavy (non-hydrogen) atoms. The molecule has 4 aromatic rings. The quantitative estimate of drug-likeness (QED) is 0.253. The Morgan fingerprint density at radius 2 is 1.44 bits per heavy atom. The summed E-state index contributed by atoms with van der Waals surface area (Å²) in [6.07, 6.45) is -1.57. The van der Waals surface area contributed by atoms with Crippen LogP contribution in [0, 0.1) is 13.8 Å². The molecule has 2 saturated heterocycles. The third kappa shape index (κ3) is 4.60. The molecule has 1 aromatic heterocycles. The van der Waals surface area contributed by atoms with Crippen LogP contribution in [0.25, 0.3) is 21.9 Å². The summed E-state index contributed by atoms with van der Waals surface area (Å²) in [7, 11) is -1.77. The lowest BCUT2D eigenvalue weighted by atomic mass is 10.1. The van der Waals surface area contributed by atoms with E-state index in [2.05, 4.69) is 32.0 Å². The summed E-state index contributed by atoms with van der Waals surface area (Å²) in [6, 6.07) is 22.2. The highest BCUT2D eigenvalue weighted by atomic mass is 32.2. The molecular weight excluding hydrogens is 495 g/mol. The minimum Gasteiger partial charge on any atom is -0.399 e. The van der Waals surface area contributed by atoms with Crippen LogP contribution in [-0.2, 0) is 14.2 Å². The third-order valence-electron chi connectivity index (χ3n) is 6.51. The molecule has 188 valence electrons. The number of hydrogen-bond acceptors (Lipinski definition) is 7. The van der Waals surface area contributed by atoms with Crippen molar-refractivity contribution in [2.75, 3.05) is 5.75 Å². The van der Waals surface area contributed by atoms with E-state index >= 15 is 0 Å². The second kappa shape index (κ2) is 9.56. The van der Waals surface area contributed by atoms with Crippen molar-refractivity contribution in [3.8, 4) is 0 Å². The molecule has 6 rings (SSSR count). The Labute approximate surface area is 215 Å². The van der Waals surface area contributed by atoms with Crippen molar-refractivity contribution in [1.82, 2.24) is 0 Å². The first-order chi connectivity index (χ1) is 17.4. The maximum absolute atomic E-state index is 6.59. The molecule has 8 heteroatoms. The summed E-state index contributed by atoms with van der Waals surface area (Å²) >= 11 is 1.77. The molecule has 0 bridgehead atoms. The fourth-order valence-corrected chi connectivity index (χ4v) is 7.27. The Morgan fingerprint density at radius 3 is 2.08 bits per heavy atom. The van der Waals surface area contributed by atoms with Crippen LogP contribution in [0.15, 0.2) is 80.0 Å². The minimum atomic E-state index is -1.77. The Hall–Kier alpha value is -2.25. The van der Waals surface area contributed by atoms with E-state index in [1.54, 1.807) is 11.8 Å². The molecule has 3 heterocycles. The van der Waals surface area contributed by atoms with Gasteiger partial charge in [-0.2, -0.15) is 0 Å². The van der Waals surface area contributed by atoms with Crippen LogP contribution < -0.4 is 4.52 Å². The number of aryl methyl sites for hydroxylation is 2. The van der Waals surface area contributed by atoms with E-state index in [0.717, 1.165) is 21.9 Å². The van der Waals surface area contributed by atoms with Crippen molar-refractivity contribution in [3.05, 3.63) is 77.9 Å². The second-order valence-corrected chi connectivity index (χ2v) is 11.7. The monoisotopic (exact) mass is 524 g/mol. The molecule has 3 aromatic carbocycles. The summed E-state index contributed by atoms with van der Waals surface area (Å²) in [6.45, 7) is 8.05. The number of para-hydroxylation sites is 2. The third-order valence-corrected chi connectivity index (χ3v) is 9.04. The van der Waals surface area contributed by atoms with Crippen molar-refractivity contribution in [1.29, 1.82) is 0 Å². The van der Waals surface area contributed by atoms with Crippen LogP contribution in [0.4, 0.5) is 0 Å². The summed E-state index contributed by atoms with van der Waals surface area (Å²) in [4.78, 5) is 1.26. The van der Waals surface area contributed by atoms with E-state index in [4.69, 9.17) is 27.1 Å². The van der Waals surface area contributed by atoms with Crippen LogP contribution in [-0.4, -0.2) is 36.1 Å². The number of fused-ring (bicyclic) bond motifs is 4. The molecule has 0 N–H and O–H groups in total. The van der Waals surface area contributed by atoms with Gasteiger partial charge in [-0.3, -0.25) is 4.52 Å². The molecule has 2 aliphatic rings. The molecule has 2 fully saturated rings. The first kappa shape index (κ1) is 24.1. The van der Waals surface area contributed by atoms with Gasteiger partial charge in [-0.1, -0.05) is 54.6 Å². The van der Waals surface area contributed by atoms with Gasteiger partial charge < -0.3 is 22.6 Å². The predicted octanol–water partition coefficient (Wildman–Crippen LogP) is 7.37. The van der Waals surface area contributed by atoms with Crippen LogP contribution >= 0.6 is 20.0 Å². The van der Waals surface area contributed by atoms with Crippen molar-refractivity contribution < 1.29 is 27.1 Å². The van der Waals surface area contributed by atoms with Gasteiger partial charge in [0.1, 0.15) is 29.5 Å². The number of benzene rings is 3. The van der Waals surface area contributed by atoms with Crippen LogP contribution in [0.5, 0.6) is 0 Å². The van der Waals surface area contributed by atoms with E-state index in [-0.39, 0.29) is 12.2 Å². The van der Waals surface area contributed by atoms with Crippen molar-refractivity contribution in [2.45, 2.75) is 63.0 Å². The normalized spacial score (nSPS) is 24.9. The molecule has 0 unspecified atom stereocenters. The second-order valence-electron chi connectivity index (χ2n) is 9.64. The Morgan fingerprint density at radius 1 is 0.833 bits per heavy atom. The summed E-state index contributed by atoms with van der Waals surface area (Å²) in [5.74, 6) is -0.0633. The lowest BCUT2D eigenvalue weighted by Crippen LogP contribution is -2.39. The lowest BCUT2D eigenvalue weighted by molar-refractivity contribution is -0.209. The largest absolute Gasteiger partial charge is 0.399 e. The zero-order valence-corrected chi connectivity index (χ0v) is 22.4. The highest BCUT2D eigenvalue weighted by Crippen LogP contribution is 2.43. The Balaban J connectivity index is 1.36.